The molecule has 0 aromatic carbocycles. The minimum absolute atomic E-state index is 0.0277. The second kappa shape index (κ2) is 4.38. The molecule has 3 heteroatoms. The summed E-state index contributed by atoms with van der Waals surface area (Å²) in [6, 6.07) is 1.85. The highest BCUT2D eigenvalue weighted by Gasteiger charge is 2.10. The van der Waals surface area contributed by atoms with Gasteiger partial charge in [-0.25, -0.2) is 0 Å². The number of aromatic nitrogens is 1. The van der Waals surface area contributed by atoms with Gasteiger partial charge in [-0.1, -0.05) is 18.5 Å². The summed E-state index contributed by atoms with van der Waals surface area (Å²) in [6.45, 7) is 3.50. The van der Waals surface area contributed by atoms with Crippen LogP contribution in [-0.4, -0.2) is 10.8 Å². The van der Waals surface area contributed by atoms with Crippen LogP contribution < -0.4 is 0 Å². The maximum absolute atomic E-state index is 11.0. The van der Waals surface area contributed by atoms with Gasteiger partial charge in [-0.15, -0.1) is 0 Å². The van der Waals surface area contributed by atoms with Crippen molar-refractivity contribution >= 4 is 17.4 Å². The van der Waals surface area contributed by atoms with E-state index in [4.69, 9.17) is 11.6 Å². The number of carbonyl (C=O) groups is 1. The standard InChI is InChI=1S/C10H12ClNO/c1-7(8(2)13)5-9-3-4-12-6-10(9)11/h3-4,6-7H,5H2,1-2H3. The van der Waals surface area contributed by atoms with Gasteiger partial charge in [0, 0.05) is 18.3 Å². The lowest BCUT2D eigenvalue weighted by molar-refractivity contribution is -0.120. The van der Waals surface area contributed by atoms with Gasteiger partial charge in [-0.2, -0.15) is 0 Å². The van der Waals surface area contributed by atoms with Crippen molar-refractivity contribution < 1.29 is 4.79 Å². The zero-order valence-electron chi connectivity index (χ0n) is 7.75. The van der Waals surface area contributed by atoms with Gasteiger partial charge in [0.15, 0.2) is 0 Å². The Morgan fingerprint density at radius 1 is 1.69 bits per heavy atom. The summed E-state index contributed by atoms with van der Waals surface area (Å²) in [5, 5.41) is 0.635. The number of halogens is 1. The molecule has 0 spiro atoms. The van der Waals surface area contributed by atoms with Crippen molar-refractivity contribution in [2.24, 2.45) is 5.92 Å². The van der Waals surface area contributed by atoms with Crippen molar-refractivity contribution in [2.75, 3.05) is 0 Å². The summed E-state index contributed by atoms with van der Waals surface area (Å²) in [6.07, 6.45) is 3.98. The van der Waals surface area contributed by atoms with E-state index in [9.17, 15) is 4.79 Å². The van der Waals surface area contributed by atoms with Crippen LogP contribution in [-0.2, 0) is 11.2 Å². The van der Waals surface area contributed by atoms with E-state index in [0.717, 1.165) is 5.56 Å². The van der Waals surface area contributed by atoms with Crippen LogP contribution in [0, 0.1) is 5.92 Å². The van der Waals surface area contributed by atoms with E-state index >= 15 is 0 Å². The third-order valence-corrected chi connectivity index (χ3v) is 2.42. The Hall–Kier alpha value is -0.890. The number of carbonyl (C=O) groups excluding carboxylic acids is 1. The predicted molar refractivity (Wildman–Crippen MR) is 52.8 cm³/mol. The third-order valence-electron chi connectivity index (χ3n) is 2.08. The molecule has 0 radical (unpaired) electrons. The fourth-order valence-electron chi connectivity index (χ4n) is 1.04. The van der Waals surface area contributed by atoms with Crippen LogP contribution in [0.2, 0.25) is 5.02 Å². The van der Waals surface area contributed by atoms with Gasteiger partial charge in [-0.05, 0) is 25.0 Å². The van der Waals surface area contributed by atoms with Crippen LogP contribution in [0.5, 0.6) is 0 Å². The predicted octanol–water partition coefficient (Wildman–Crippen LogP) is 2.50. The summed E-state index contributed by atoms with van der Waals surface area (Å²) in [5.74, 6) is 0.216. The third kappa shape index (κ3) is 2.81. The molecule has 70 valence electrons. The zero-order chi connectivity index (χ0) is 9.84. The number of Topliss-reactive ketones (excluding diaryl/α,β-unsaturated/α-hetero) is 1. The van der Waals surface area contributed by atoms with Crippen LogP contribution in [0.1, 0.15) is 19.4 Å². The summed E-state index contributed by atoms with van der Waals surface area (Å²) >= 11 is 5.90. The highest BCUT2D eigenvalue weighted by atomic mass is 35.5. The fourth-order valence-corrected chi connectivity index (χ4v) is 1.24. The number of pyridine rings is 1. The molecule has 0 aliphatic rings. The van der Waals surface area contributed by atoms with Crippen molar-refractivity contribution in [3.63, 3.8) is 0 Å². The average molecular weight is 198 g/mol. The Balaban J connectivity index is 2.74. The van der Waals surface area contributed by atoms with E-state index in [-0.39, 0.29) is 11.7 Å². The minimum Gasteiger partial charge on any atom is -0.300 e. The maximum Gasteiger partial charge on any atom is 0.132 e. The molecule has 2 nitrogen and oxygen atoms in total. The molecule has 0 bridgehead atoms. The van der Waals surface area contributed by atoms with Crippen LogP contribution in [0.25, 0.3) is 0 Å². The van der Waals surface area contributed by atoms with Gasteiger partial charge in [0.1, 0.15) is 5.78 Å². The van der Waals surface area contributed by atoms with E-state index in [2.05, 4.69) is 4.98 Å². The first-order valence-corrected chi connectivity index (χ1v) is 4.58. The Kier molecular flexibility index (Phi) is 3.43. The van der Waals surface area contributed by atoms with Gasteiger partial charge in [0.25, 0.3) is 0 Å². The van der Waals surface area contributed by atoms with Crippen molar-refractivity contribution in [1.82, 2.24) is 4.98 Å². The van der Waals surface area contributed by atoms with E-state index < -0.39 is 0 Å². The quantitative estimate of drug-likeness (QED) is 0.746. The Bertz CT molecular complexity index is 312. The first-order chi connectivity index (χ1) is 6.11. The highest BCUT2D eigenvalue weighted by molar-refractivity contribution is 6.31. The molecule has 0 N–H and O–H groups in total. The van der Waals surface area contributed by atoms with Crippen molar-refractivity contribution in [3.05, 3.63) is 29.0 Å². The Morgan fingerprint density at radius 3 is 2.92 bits per heavy atom. The van der Waals surface area contributed by atoms with Crippen LogP contribution in [0.15, 0.2) is 18.5 Å². The molecule has 0 aliphatic heterocycles. The molecule has 0 saturated carbocycles. The van der Waals surface area contributed by atoms with Gasteiger partial charge < -0.3 is 0 Å². The van der Waals surface area contributed by atoms with Crippen molar-refractivity contribution in [2.45, 2.75) is 20.3 Å². The maximum atomic E-state index is 11.0. The lowest BCUT2D eigenvalue weighted by atomic mass is 9.99. The summed E-state index contributed by atoms with van der Waals surface area (Å²) < 4.78 is 0. The van der Waals surface area contributed by atoms with Crippen molar-refractivity contribution in [1.29, 1.82) is 0 Å². The van der Waals surface area contributed by atoms with Crippen molar-refractivity contribution in [3.8, 4) is 0 Å². The molecular formula is C10H12ClNO. The summed E-state index contributed by atoms with van der Waals surface area (Å²) in [5.41, 5.74) is 0.986. The highest BCUT2D eigenvalue weighted by Crippen LogP contribution is 2.17. The molecule has 1 heterocycles. The molecule has 1 unspecified atom stereocenters. The number of nitrogens with zero attached hydrogens (tertiary/aromatic N) is 1. The number of hydrogen-bond donors (Lipinski definition) is 0. The molecule has 0 fully saturated rings. The molecule has 0 aliphatic carbocycles. The molecule has 0 saturated heterocycles. The molecule has 1 atom stereocenters. The van der Waals surface area contributed by atoms with Crippen LogP contribution >= 0.6 is 11.6 Å². The largest absolute Gasteiger partial charge is 0.300 e. The molecule has 1 aromatic heterocycles. The molecule has 1 rings (SSSR count). The Labute approximate surface area is 82.9 Å². The van der Waals surface area contributed by atoms with Gasteiger partial charge in [0.2, 0.25) is 0 Å². The smallest absolute Gasteiger partial charge is 0.132 e. The summed E-state index contributed by atoms with van der Waals surface area (Å²) in [4.78, 5) is 14.9. The zero-order valence-corrected chi connectivity index (χ0v) is 8.51. The van der Waals surface area contributed by atoms with Crippen LogP contribution in [0.4, 0.5) is 0 Å². The van der Waals surface area contributed by atoms with Crippen LogP contribution in [0.3, 0.4) is 0 Å². The number of rotatable bonds is 3. The number of hydrogen-bond acceptors (Lipinski definition) is 2. The summed E-state index contributed by atoms with van der Waals surface area (Å²) in [7, 11) is 0. The fraction of sp³-hybridized carbons (Fsp3) is 0.400. The van der Waals surface area contributed by atoms with Gasteiger partial charge in [0.05, 0.1) is 5.02 Å². The topological polar surface area (TPSA) is 30.0 Å². The lowest BCUT2D eigenvalue weighted by Gasteiger charge is -2.07. The first kappa shape index (κ1) is 10.2. The molecule has 0 amide bonds. The first-order valence-electron chi connectivity index (χ1n) is 4.20. The second-order valence-corrected chi connectivity index (χ2v) is 3.59. The molecule has 13 heavy (non-hydrogen) atoms. The second-order valence-electron chi connectivity index (χ2n) is 3.18. The molecule has 1 aromatic rings. The normalized spacial score (nSPS) is 12.5. The van der Waals surface area contributed by atoms with E-state index in [1.165, 1.54) is 0 Å². The average Bonchev–Trinajstić information content (AvgIpc) is 2.08. The number of ketones is 1. The SMILES string of the molecule is CC(=O)C(C)Cc1ccncc1Cl. The van der Waals surface area contributed by atoms with E-state index in [0.29, 0.717) is 11.4 Å². The van der Waals surface area contributed by atoms with E-state index in [1.807, 2.05) is 13.0 Å². The lowest BCUT2D eigenvalue weighted by Crippen LogP contribution is -2.09. The molecular weight excluding hydrogens is 186 g/mol. The van der Waals surface area contributed by atoms with Gasteiger partial charge in [-0.3, -0.25) is 9.78 Å². The van der Waals surface area contributed by atoms with Gasteiger partial charge >= 0.3 is 0 Å². The van der Waals surface area contributed by atoms with E-state index in [1.54, 1.807) is 19.3 Å². The monoisotopic (exact) mass is 197 g/mol. The Morgan fingerprint density at radius 2 is 2.38 bits per heavy atom. The minimum atomic E-state index is 0.0277.